The van der Waals surface area contributed by atoms with Gasteiger partial charge in [-0.3, -0.25) is 4.90 Å². The summed E-state index contributed by atoms with van der Waals surface area (Å²) in [5, 5.41) is 15.4. The van der Waals surface area contributed by atoms with Crippen molar-refractivity contribution in [1.29, 1.82) is 0 Å². The predicted molar refractivity (Wildman–Crippen MR) is 188 cm³/mol. The summed E-state index contributed by atoms with van der Waals surface area (Å²) in [6.45, 7) is 2.54. The fourth-order valence-electron chi connectivity index (χ4n) is 8.73. The number of anilines is 2. The fourth-order valence-corrected chi connectivity index (χ4v) is 8.73. The van der Waals surface area contributed by atoms with Crippen molar-refractivity contribution in [3.8, 4) is 46.6 Å². The number of piperazine rings is 1. The number of hydrogen-bond acceptors (Lipinski definition) is 10. The Labute approximate surface area is 291 Å². The molecule has 0 unspecified atom stereocenters. The maximum atomic E-state index is 17.4. The summed E-state index contributed by atoms with van der Waals surface area (Å²) in [4.78, 5) is 23.1. The molecular weight excluding hydrogens is 657 g/mol. The number of nitrogens with two attached hydrogens (primary N) is 1. The highest BCUT2D eigenvalue weighted by Gasteiger charge is 2.49. The number of aromatic nitrogens is 4. The number of terminal acetylenes is 1. The van der Waals surface area contributed by atoms with Crippen LogP contribution < -0.4 is 20.7 Å². The molecule has 4 aliphatic heterocycles. The van der Waals surface area contributed by atoms with Crippen LogP contribution in [0.3, 0.4) is 0 Å². The van der Waals surface area contributed by atoms with Crippen molar-refractivity contribution in [3.63, 3.8) is 0 Å². The normalized spacial score (nSPS) is 24.4. The molecule has 4 N–H and O–H groups in total. The van der Waals surface area contributed by atoms with Crippen molar-refractivity contribution in [3.05, 3.63) is 59.8 Å². The van der Waals surface area contributed by atoms with Gasteiger partial charge in [0.1, 0.15) is 47.2 Å². The number of aromatic hydroxyl groups is 1. The molecule has 4 saturated heterocycles. The fraction of sp³-hybridized carbons (Fsp3) is 0.368. The first-order chi connectivity index (χ1) is 24.7. The lowest BCUT2D eigenvalue weighted by atomic mass is 9.95. The number of ether oxygens (including phenoxy) is 1. The summed E-state index contributed by atoms with van der Waals surface area (Å²) >= 11 is 0. The van der Waals surface area contributed by atoms with Crippen molar-refractivity contribution < 1.29 is 23.0 Å². The van der Waals surface area contributed by atoms with Gasteiger partial charge in [-0.15, -0.1) is 6.42 Å². The first kappa shape index (κ1) is 31.8. The molecule has 7 heterocycles. The van der Waals surface area contributed by atoms with Crippen molar-refractivity contribution in [2.75, 3.05) is 43.4 Å². The Morgan fingerprint density at radius 3 is 2.63 bits per heavy atom. The molecule has 5 aromatic rings. The number of rotatable bonds is 6. The molecule has 0 radical (unpaired) electrons. The zero-order chi connectivity index (χ0) is 35.0. The summed E-state index contributed by atoms with van der Waals surface area (Å²) in [5.41, 5.74) is 6.02. The molecule has 9 rings (SSSR count). The van der Waals surface area contributed by atoms with Gasteiger partial charge in [0, 0.05) is 60.8 Å². The van der Waals surface area contributed by atoms with Crippen LogP contribution >= 0.6 is 0 Å². The Balaban J connectivity index is 1.30. The zero-order valence-corrected chi connectivity index (χ0v) is 27.7. The third kappa shape index (κ3) is 5.27. The number of alkyl halides is 1. The average Bonchev–Trinajstić information content (AvgIpc) is 3.77. The molecular formula is C38H35F3N8O2. The summed E-state index contributed by atoms with van der Waals surface area (Å²) < 4.78 is 53.6. The smallest absolute Gasteiger partial charge is 0.319 e. The van der Waals surface area contributed by atoms with Gasteiger partial charge in [-0.25, -0.2) is 23.1 Å². The summed E-state index contributed by atoms with van der Waals surface area (Å²) in [7, 11) is 0. The number of nitrogens with one attached hydrogen (secondary N) is 1. The van der Waals surface area contributed by atoms with Gasteiger partial charge in [0.15, 0.2) is 5.82 Å². The lowest BCUT2D eigenvalue weighted by Gasteiger charge is -2.35. The van der Waals surface area contributed by atoms with Crippen molar-refractivity contribution in [2.45, 2.75) is 55.9 Å². The monoisotopic (exact) mass is 692 g/mol. The number of phenols is 1. The van der Waals surface area contributed by atoms with Crippen LogP contribution in [0.25, 0.3) is 44.2 Å². The molecule has 13 heteroatoms. The van der Waals surface area contributed by atoms with E-state index in [4.69, 9.17) is 31.8 Å². The van der Waals surface area contributed by atoms with Crippen LogP contribution in [0.4, 0.5) is 24.8 Å². The Kier molecular flexibility index (Phi) is 7.45. The first-order valence-electron chi connectivity index (χ1n) is 17.3. The second-order valence-corrected chi connectivity index (χ2v) is 14.2. The van der Waals surface area contributed by atoms with Crippen LogP contribution in [-0.4, -0.2) is 86.5 Å². The van der Waals surface area contributed by atoms with Gasteiger partial charge in [-0.1, -0.05) is 12.0 Å². The Morgan fingerprint density at radius 2 is 1.86 bits per heavy atom. The van der Waals surface area contributed by atoms with E-state index < -0.39 is 23.3 Å². The van der Waals surface area contributed by atoms with Crippen molar-refractivity contribution in [1.82, 2.24) is 30.2 Å². The van der Waals surface area contributed by atoms with E-state index in [1.807, 2.05) is 0 Å². The van der Waals surface area contributed by atoms with E-state index in [1.54, 1.807) is 18.3 Å². The van der Waals surface area contributed by atoms with E-state index in [1.165, 1.54) is 24.3 Å². The maximum Gasteiger partial charge on any atom is 0.319 e. The molecule has 3 aromatic heterocycles. The van der Waals surface area contributed by atoms with E-state index in [2.05, 4.69) is 26.0 Å². The van der Waals surface area contributed by atoms with Crippen molar-refractivity contribution >= 4 is 33.3 Å². The standard InChI is InChI=1S/C38H35F3N8O2/c1-2-26-28(40)8-4-20-12-25(50)13-27(30(20)26)34-32(41)35-31(33(45-34)21-5-9-29(42)43-15-21)36(48-17-23-6-7-24(18-48)44-23)47-37(46-35)51-19-38-10-3-11-49(38)16-22(39)14-38/h1,4-5,8-9,12-13,15,22-24,44,50H,3,6-7,10-11,14,16-19H2,(H2,42,43)/t22-,23-,24+,38+/m1/s1. The molecule has 0 amide bonds. The molecule has 4 atom stereocenters. The van der Waals surface area contributed by atoms with Crippen LogP contribution in [-0.2, 0) is 0 Å². The third-order valence-electron chi connectivity index (χ3n) is 11.0. The second kappa shape index (κ2) is 12.0. The Hall–Kier alpha value is -5.19. The van der Waals surface area contributed by atoms with Crippen LogP contribution in [0.15, 0.2) is 42.6 Å². The van der Waals surface area contributed by atoms with Gasteiger partial charge >= 0.3 is 6.01 Å². The highest BCUT2D eigenvalue weighted by Crippen LogP contribution is 2.44. The molecule has 4 aliphatic rings. The van der Waals surface area contributed by atoms with E-state index in [0.29, 0.717) is 53.9 Å². The minimum Gasteiger partial charge on any atom is -0.508 e. The number of hydrogen-bond donors (Lipinski definition) is 3. The SMILES string of the molecule is C#Cc1c(F)ccc2cc(O)cc(-c3nc(-c4ccc(N)nc4)c4c(N5C[C@H]6CC[C@@H](C5)N6)nc(OC[C@@]56CCCN5C[C@H](F)C6)nc4c3F)c12. The van der Waals surface area contributed by atoms with Crippen LogP contribution in [0.5, 0.6) is 11.8 Å². The number of pyridine rings is 2. The van der Waals surface area contributed by atoms with Crippen molar-refractivity contribution in [2.24, 2.45) is 0 Å². The maximum absolute atomic E-state index is 17.4. The summed E-state index contributed by atoms with van der Waals surface area (Å²) in [5.74, 6) is 1.45. The summed E-state index contributed by atoms with van der Waals surface area (Å²) in [6.07, 6.45) is 10.4. The lowest BCUT2D eigenvalue weighted by molar-refractivity contribution is 0.107. The largest absolute Gasteiger partial charge is 0.508 e. The molecule has 51 heavy (non-hydrogen) atoms. The highest BCUT2D eigenvalue weighted by atomic mass is 19.1. The summed E-state index contributed by atoms with van der Waals surface area (Å²) in [6, 6.07) is 9.19. The third-order valence-corrected chi connectivity index (χ3v) is 11.0. The molecule has 0 aliphatic carbocycles. The van der Waals surface area contributed by atoms with Gasteiger partial charge in [0.2, 0.25) is 0 Å². The highest BCUT2D eigenvalue weighted by molar-refractivity contribution is 6.06. The Morgan fingerprint density at radius 1 is 1.04 bits per heavy atom. The van der Waals surface area contributed by atoms with Gasteiger partial charge in [-0.05, 0) is 67.9 Å². The van der Waals surface area contributed by atoms with E-state index in [-0.39, 0.29) is 64.0 Å². The second-order valence-electron chi connectivity index (χ2n) is 14.2. The molecule has 4 fully saturated rings. The number of fused-ring (bicyclic) bond motifs is 5. The molecule has 10 nitrogen and oxygen atoms in total. The first-order valence-corrected chi connectivity index (χ1v) is 17.3. The molecule has 2 bridgehead atoms. The van der Waals surface area contributed by atoms with Crippen LogP contribution in [0, 0.1) is 24.0 Å². The van der Waals surface area contributed by atoms with Gasteiger partial charge in [0.25, 0.3) is 0 Å². The van der Waals surface area contributed by atoms with E-state index >= 15 is 8.78 Å². The zero-order valence-electron chi connectivity index (χ0n) is 27.7. The number of nitrogens with zero attached hydrogens (tertiary/aromatic N) is 6. The number of nitrogen functional groups attached to an aromatic ring is 1. The number of phenolic OH excluding ortho intramolecular Hbond substituents is 1. The molecule has 2 aromatic carbocycles. The topological polar surface area (TPSA) is 126 Å². The minimum atomic E-state index is -0.949. The minimum absolute atomic E-state index is 0.0412. The number of benzene rings is 2. The van der Waals surface area contributed by atoms with E-state index in [0.717, 1.165) is 32.2 Å². The lowest BCUT2D eigenvalue weighted by Crippen LogP contribution is -2.51. The Bertz CT molecular complexity index is 2250. The quantitative estimate of drug-likeness (QED) is 0.201. The predicted octanol–water partition coefficient (Wildman–Crippen LogP) is 5.35. The molecule has 0 spiro atoms. The van der Waals surface area contributed by atoms with E-state index in [9.17, 15) is 9.50 Å². The number of halogens is 3. The molecule has 260 valence electrons. The van der Waals surface area contributed by atoms with Gasteiger partial charge in [0.05, 0.1) is 22.2 Å². The molecule has 0 saturated carbocycles. The average molecular weight is 693 g/mol. The van der Waals surface area contributed by atoms with Gasteiger partial charge < -0.3 is 25.8 Å². The van der Waals surface area contributed by atoms with Gasteiger partial charge in [-0.2, -0.15) is 9.97 Å². The van der Waals surface area contributed by atoms with Crippen LogP contribution in [0.1, 0.15) is 37.7 Å². The van der Waals surface area contributed by atoms with Crippen LogP contribution in [0.2, 0.25) is 0 Å².